The highest BCUT2D eigenvalue weighted by Crippen LogP contribution is 2.27. The number of phenols is 1. The summed E-state index contributed by atoms with van der Waals surface area (Å²) in [5.41, 5.74) is 1.90. The number of benzene rings is 1. The van der Waals surface area contributed by atoms with Gasteiger partial charge in [-0.15, -0.1) is 0 Å². The molecule has 1 aromatic rings. The van der Waals surface area contributed by atoms with Crippen LogP contribution < -0.4 is 5.32 Å². The van der Waals surface area contributed by atoms with Crippen LogP contribution in [0.2, 0.25) is 0 Å². The number of carbonyl (C=O) groups is 1. The second kappa shape index (κ2) is 3.33. The van der Waals surface area contributed by atoms with E-state index in [1.54, 1.807) is 6.07 Å². The van der Waals surface area contributed by atoms with Gasteiger partial charge in [-0.2, -0.15) is 0 Å². The molecule has 1 heterocycles. The summed E-state index contributed by atoms with van der Waals surface area (Å²) in [6, 6.07) is 5.60. The van der Waals surface area contributed by atoms with Crippen LogP contribution in [0.4, 0.5) is 0 Å². The lowest BCUT2D eigenvalue weighted by Crippen LogP contribution is -2.13. The van der Waals surface area contributed by atoms with Gasteiger partial charge in [0, 0.05) is 18.9 Å². The quantitative estimate of drug-likeness (QED) is 0.703. The van der Waals surface area contributed by atoms with Crippen molar-refractivity contribution < 1.29 is 9.90 Å². The topological polar surface area (TPSA) is 49.3 Å². The van der Waals surface area contributed by atoms with Crippen molar-refractivity contribution in [2.45, 2.75) is 19.3 Å². The Morgan fingerprint density at radius 1 is 1.50 bits per heavy atom. The van der Waals surface area contributed by atoms with Crippen molar-refractivity contribution in [1.29, 1.82) is 0 Å². The average molecular weight is 191 g/mol. The van der Waals surface area contributed by atoms with Crippen molar-refractivity contribution in [2.24, 2.45) is 0 Å². The van der Waals surface area contributed by atoms with Gasteiger partial charge in [0.1, 0.15) is 5.75 Å². The van der Waals surface area contributed by atoms with Crippen molar-refractivity contribution in [1.82, 2.24) is 5.32 Å². The van der Waals surface area contributed by atoms with Gasteiger partial charge in [0.15, 0.2) is 0 Å². The number of nitrogens with one attached hydrogen (secondary N) is 1. The highest BCUT2D eigenvalue weighted by atomic mass is 16.3. The summed E-state index contributed by atoms with van der Waals surface area (Å²) in [7, 11) is 0. The molecule has 0 radical (unpaired) electrons. The lowest BCUT2D eigenvalue weighted by Gasteiger charge is -2.08. The van der Waals surface area contributed by atoms with Gasteiger partial charge in [-0.1, -0.05) is 12.1 Å². The predicted octanol–water partition coefficient (Wildman–Crippen LogP) is 1.30. The fourth-order valence-corrected chi connectivity index (χ4v) is 1.72. The number of amides is 1. The van der Waals surface area contributed by atoms with E-state index in [0.717, 1.165) is 11.1 Å². The Labute approximate surface area is 82.8 Å². The first-order valence-electron chi connectivity index (χ1n) is 4.73. The maximum absolute atomic E-state index is 11.0. The lowest BCUT2D eigenvalue weighted by atomic mass is 9.97. The molecule has 1 amide bonds. The number of phenolic OH excluding ortho intramolecular Hbond substituents is 1. The van der Waals surface area contributed by atoms with Crippen LogP contribution in [0.3, 0.4) is 0 Å². The zero-order valence-electron chi connectivity index (χ0n) is 8.08. The standard InChI is InChI=1S/C11H13NO2/c1-7-2-3-8(4-10(7)13)9-5-11(14)12-6-9/h2-4,9,13H,5-6H2,1H3,(H,12,14). The Morgan fingerprint density at radius 2 is 2.29 bits per heavy atom. The fraction of sp³-hybridized carbons (Fsp3) is 0.364. The zero-order valence-corrected chi connectivity index (χ0v) is 8.08. The van der Waals surface area contributed by atoms with E-state index in [4.69, 9.17) is 0 Å². The van der Waals surface area contributed by atoms with Crippen LogP contribution in [0.25, 0.3) is 0 Å². The van der Waals surface area contributed by atoms with Gasteiger partial charge in [0.25, 0.3) is 0 Å². The maximum atomic E-state index is 11.0. The van der Waals surface area contributed by atoms with Crippen LogP contribution >= 0.6 is 0 Å². The second-order valence-corrected chi connectivity index (χ2v) is 3.75. The van der Waals surface area contributed by atoms with Crippen LogP contribution in [0.5, 0.6) is 5.75 Å². The van der Waals surface area contributed by atoms with Crippen LogP contribution in [0.15, 0.2) is 18.2 Å². The summed E-state index contributed by atoms with van der Waals surface area (Å²) in [4.78, 5) is 11.0. The molecular weight excluding hydrogens is 178 g/mol. The van der Waals surface area contributed by atoms with Gasteiger partial charge in [-0.05, 0) is 24.1 Å². The molecular formula is C11H13NO2. The van der Waals surface area contributed by atoms with Crippen molar-refractivity contribution in [3.63, 3.8) is 0 Å². The van der Waals surface area contributed by atoms with Gasteiger partial charge >= 0.3 is 0 Å². The van der Waals surface area contributed by atoms with E-state index in [0.29, 0.717) is 18.7 Å². The van der Waals surface area contributed by atoms with E-state index in [-0.39, 0.29) is 11.8 Å². The van der Waals surface area contributed by atoms with E-state index in [2.05, 4.69) is 5.32 Å². The molecule has 1 unspecified atom stereocenters. The smallest absolute Gasteiger partial charge is 0.220 e. The average Bonchev–Trinajstić information content (AvgIpc) is 2.57. The van der Waals surface area contributed by atoms with Gasteiger partial charge in [0.05, 0.1) is 0 Å². The monoisotopic (exact) mass is 191 g/mol. The van der Waals surface area contributed by atoms with E-state index in [1.165, 1.54) is 0 Å². The maximum Gasteiger partial charge on any atom is 0.220 e. The molecule has 3 nitrogen and oxygen atoms in total. The van der Waals surface area contributed by atoms with Crippen LogP contribution in [0, 0.1) is 6.92 Å². The third kappa shape index (κ3) is 1.58. The molecule has 1 aliphatic rings. The summed E-state index contributed by atoms with van der Waals surface area (Å²) < 4.78 is 0. The number of hydrogen-bond donors (Lipinski definition) is 2. The molecule has 1 atom stereocenters. The Hall–Kier alpha value is -1.51. The zero-order chi connectivity index (χ0) is 10.1. The minimum absolute atomic E-state index is 0.0927. The molecule has 74 valence electrons. The molecule has 0 aliphatic carbocycles. The minimum atomic E-state index is 0.0927. The van der Waals surface area contributed by atoms with Gasteiger partial charge < -0.3 is 10.4 Å². The highest BCUT2D eigenvalue weighted by molar-refractivity contribution is 5.79. The van der Waals surface area contributed by atoms with E-state index in [9.17, 15) is 9.90 Å². The molecule has 2 rings (SSSR count). The molecule has 1 fully saturated rings. The fourth-order valence-electron chi connectivity index (χ4n) is 1.72. The summed E-state index contributed by atoms with van der Waals surface area (Å²) in [6.45, 7) is 2.54. The van der Waals surface area contributed by atoms with Crippen LogP contribution in [-0.2, 0) is 4.79 Å². The Kier molecular flexibility index (Phi) is 2.15. The van der Waals surface area contributed by atoms with E-state index < -0.39 is 0 Å². The van der Waals surface area contributed by atoms with E-state index >= 15 is 0 Å². The summed E-state index contributed by atoms with van der Waals surface area (Å²) in [5.74, 6) is 0.617. The number of aromatic hydroxyl groups is 1. The highest BCUT2D eigenvalue weighted by Gasteiger charge is 2.23. The SMILES string of the molecule is Cc1ccc(C2CNC(=O)C2)cc1O. The summed E-state index contributed by atoms with van der Waals surface area (Å²) >= 11 is 0. The molecule has 0 bridgehead atoms. The lowest BCUT2D eigenvalue weighted by molar-refractivity contribution is -0.119. The summed E-state index contributed by atoms with van der Waals surface area (Å²) in [6.07, 6.45) is 0.530. The molecule has 2 N–H and O–H groups in total. The molecule has 0 spiro atoms. The second-order valence-electron chi connectivity index (χ2n) is 3.75. The molecule has 0 aromatic heterocycles. The van der Waals surface area contributed by atoms with Crippen molar-refractivity contribution in [3.05, 3.63) is 29.3 Å². The largest absolute Gasteiger partial charge is 0.508 e. The number of carbonyl (C=O) groups excluding carboxylic acids is 1. The summed E-state index contributed by atoms with van der Waals surface area (Å²) in [5, 5.41) is 12.3. The molecule has 0 saturated carbocycles. The third-order valence-corrected chi connectivity index (χ3v) is 2.68. The van der Waals surface area contributed by atoms with Crippen LogP contribution in [-0.4, -0.2) is 17.6 Å². The minimum Gasteiger partial charge on any atom is -0.508 e. The number of hydrogen-bond acceptors (Lipinski definition) is 2. The van der Waals surface area contributed by atoms with Gasteiger partial charge in [0.2, 0.25) is 5.91 Å². The Morgan fingerprint density at radius 3 is 2.86 bits per heavy atom. The normalized spacial score (nSPS) is 20.9. The first-order valence-corrected chi connectivity index (χ1v) is 4.73. The molecule has 14 heavy (non-hydrogen) atoms. The molecule has 1 aromatic carbocycles. The number of rotatable bonds is 1. The molecule has 1 aliphatic heterocycles. The molecule has 1 saturated heterocycles. The number of aryl methyl sites for hydroxylation is 1. The Bertz CT molecular complexity index is 374. The van der Waals surface area contributed by atoms with Crippen LogP contribution in [0.1, 0.15) is 23.5 Å². The third-order valence-electron chi connectivity index (χ3n) is 2.68. The van der Waals surface area contributed by atoms with Crippen molar-refractivity contribution >= 4 is 5.91 Å². The van der Waals surface area contributed by atoms with E-state index in [1.807, 2.05) is 19.1 Å². The first kappa shape index (κ1) is 9.06. The predicted molar refractivity (Wildman–Crippen MR) is 53.2 cm³/mol. The van der Waals surface area contributed by atoms with Gasteiger partial charge in [-0.25, -0.2) is 0 Å². The van der Waals surface area contributed by atoms with Crippen molar-refractivity contribution in [2.75, 3.05) is 6.54 Å². The first-order chi connectivity index (χ1) is 6.66. The van der Waals surface area contributed by atoms with Gasteiger partial charge in [-0.3, -0.25) is 4.79 Å². The molecule has 3 heteroatoms. The van der Waals surface area contributed by atoms with Crippen molar-refractivity contribution in [3.8, 4) is 5.75 Å². The Balaban J connectivity index is 2.24.